The molecule has 0 unspecified atom stereocenters. The first-order valence-corrected chi connectivity index (χ1v) is 9.43. The summed E-state index contributed by atoms with van der Waals surface area (Å²) in [6, 6.07) is 2.85. The summed E-state index contributed by atoms with van der Waals surface area (Å²) < 4.78 is 55.8. The maximum absolute atomic E-state index is 12.8. The maximum Gasteiger partial charge on any atom is 0.340 e. The highest BCUT2D eigenvalue weighted by molar-refractivity contribution is 7.98. The van der Waals surface area contributed by atoms with Gasteiger partial charge in [-0.25, -0.2) is 18.4 Å². The number of hydrogen-bond acceptors (Lipinski definition) is 5. The van der Waals surface area contributed by atoms with Crippen LogP contribution in [-0.2, 0) is 11.3 Å². The van der Waals surface area contributed by atoms with Gasteiger partial charge in [0.15, 0.2) is 6.61 Å². The van der Waals surface area contributed by atoms with E-state index >= 15 is 0 Å². The van der Waals surface area contributed by atoms with Gasteiger partial charge < -0.3 is 4.74 Å². The van der Waals surface area contributed by atoms with Crippen molar-refractivity contribution in [1.82, 2.24) is 14.8 Å². The number of alkyl halides is 4. The van der Waals surface area contributed by atoms with Crippen molar-refractivity contribution in [3.63, 3.8) is 0 Å². The Morgan fingerprint density at radius 3 is 2.46 bits per heavy atom. The van der Waals surface area contributed by atoms with Gasteiger partial charge in [0.1, 0.15) is 5.02 Å². The summed E-state index contributed by atoms with van der Waals surface area (Å²) in [6.07, 6.45) is -0.951. The number of halogens is 5. The number of hydrogen-bond donors (Lipinski definition) is 0. The fourth-order valence-corrected chi connectivity index (χ4v) is 3.09. The first kappa shape index (κ1) is 22.5. The molecular weight excluding hydrogens is 422 g/mol. The fourth-order valence-electron chi connectivity index (χ4n) is 1.97. The third-order valence-corrected chi connectivity index (χ3v) is 5.02. The van der Waals surface area contributed by atoms with Gasteiger partial charge in [0.05, 0.1) is 16.6 Å². The molecule has 0 atom stereocenters. The molecule has 0 amide bonds. The summed E-state index contributed by atoms with van der Waals surface area (Å²) >= 11 is 7.40. The zero-order valence-corrected chi connectivity index (χ0v) is 16.8. The quantitative estimate of drug-likeness (QED) is 0.465. The van der Waals surface area contributed by atoms with Crippen LogP contribution < -0.4 is 10.3 Å². The van der Waals surface area contributed by atoms with E-state index in [-0.39, 0.29) is 10.9 Å². The van der Waals surface area contributed by atoms with Crippen molar-refractivity contribution in [2.75, 3.05) is 6.61 Å². The highest BCUT2D eigenvalue weighted by atomic mass is 35.5. The summed E-state index contributed by atoms with van der Waals surface area (Å²) in [5.41, 5.74) is -0.222. The van der Waals surface area contributed by atoms with E-state index in [1.54, 1.807) is 6.07 Å². The molecule has 0 saturated heterocycles. The smallest absolute Gasteiger partial charge is 0.340 e. The van der Waals surface area contributed by atoms with Crippen LogP contribution in [0, 0.1) is 0 Å². The minimum atomic E-state index is -4.24. The van der Waals surface area contributed by atoms with Gasteiger partial charge in [0, 0.05) is 18.0 Å². The first-order chi connectivity index (χ1) is 12.9. The predicted molar refractivity (Wildman–Crippen MR) is 98.7 cm³/mol. The van der Waals surface area contributed by atoms with Gasteiger partial charge in [-0.3, -0.25) is 4.79 Å². The highest BCUT2D eigenvalue weighted by Crippen LogP contribution is 2.28. The Hall–Kier alpha value is -1.81. The van der Waals surface area contributed by atoms with Crippen LogP contribution in [0.25, 0.3) is 0 Å². The summed E-state index contributed by atoms with van der Waals surface area (Å²) in [5.74, 6) is -4.06. The summed E-state index contributed by atoms with van der Waals surface area (Å²) in [7, 11) is 0. The molecule has 0 fully saturated rings. The van der Waals surface area contributed by atoms with Gasteiger partial charge in [-0.15, -0.1) is 11.8 Å². The normalized spacial score (nSPS) is 12.5. The Balaban J connectivity index is 2.01. The van der Waals surface area contributed by atoms with Crippen LogP contribution in [0.15, 0.2) is 34.2 Å². The van der Waals surface area contributed by atoms with Crippen molar-refractivity contribution < 1.29 is 22.3 Å². The molecule has 2 aromatic heterocycles. The van der Waals surface area contributed by atoms with E-state index in [1.807, 2.05) is 20.8 Å². The molecule has 0 aliphatic rings. The zero-order chi connectivity index (χ0) is 21.1. The average Bonchev–Trinajstić information content (AvgIpc) is 2.61. The molecule has 0 bridgehead atoms. The number of nitrogens with zero attached hydrogens (tertiary/aromatic N) is 3. The molecular formula is C17H18ClF4N3O2S. The van der Waals surface area contributed by atoms with Crippen molar-refractivity contribution in [2.45, 2.75) is 49.3 Å². The Labute approximate surface area is 168 Å². The number of rotatable bonds is 7. The van der Waals surface area contributed by atoms with Crippen LogP contribution >= 0.6 is 23.4 Å². The SMILES string of the molecule is CC(C)(C)n1ncc(SCc2ccc(OCC(F)(F)C(F)F)nc2)c(Cl)c1=O. The summed E-state index contributed by atoms with van der Waals surface area (Å²) in [5, 5.41) is 4.18. The second-order valence-corrected chi connectivity index (χ2v) is 8.25. The van der Waals surface area contributed by atoms with Crippen LogP contribution in [0.2, 0.25) is 5.02 Å². The van der Waals surface area contributed by atoms with Gasteiger partial charge in [0.2, 0.25) is 5.88 Å². The van der Waals surface area contributed by atoms with Gasteiger partial charge in [-0.05, 0) is 26.3 Å². The third-order valence-electron chi connectivity index (χ3n) is 3.45. The van der Waals surface area contributed by atoms with E-state index in [0.717, 1.165) is 0 Å². The lowest BCUT2D eigenvalue weighted by atomic mass is 10.1. The molecule has 0 spiro atoms. The number of thioether (sulfide) groups is 1. The van der Waals surface area contributed by atoms with Crippen LogP contribution in [0.1, 0.15) is 26.3 Å². The Morgan fingerprint density at radius 1 is 1.25 bits per heavy atom. The maximum atomic E-state index is 12.8. The number of aromatic nitrogens is 3. The molecule has 0 N–H and O–H groups in total. The lowest BCUT2D eigenvalue weighted by molar-refractivity contribution is -0.148. The fraction of sp³-hybridized carbons (Fsp3) is 0.471. The van der Waals surface area contributed by atoms with Crippen molar-refractivity contribution >= 4 is 23.4 Å². The largest absolute Gasteiger partial charge is 0.471 e. The topological polar surface area (TPSA) is 57.0 Å². The monoisotopic (exact) mass is 439 g/mol. The Morgan fingerprint density at radius 2 is 1.93 bits per heavy atom. The molecule has 5 nitrogen and oxygen atoms in total. The number of pyridine rings is 1. The van der Waals surface area contributed by atoms with Crippen LogP contribution in [0.4, 0.5) is 17.6 Å². The van der Waals surface area contributed by atoms with Gasteiger partial charge in [-0.2, -0.15) is 13.9 Å². The predicted octanol–water partition coefficient (Wildman–Crippen LogP) is 4.62. The Kier molecular flexibility index (Phi) is 6.97. The van der Waals surface area contributed by atoms with Crippen LogP contribution in [0.3, 0.4) is 0 Å². The Bertz CT molecular complexity index is 870. The van der Waals surface area contributed by atoms with E-state index in [0.29, 0.717) is 16.2 Å². The minimum Gasteiger partial charge on any atom is -0.471 e. The molecule has 0 aliphatic carbocycles. The first-order valence-electron chi connectivity index (χ1n) is 8.06. The van der Waals surface area contributed by atoms with E-state index in [2.05, 4.69) is 14.8 Å². The highest BCUT2D eigenvalue weighted by Gasteiger charge is 2.41. The number of ether oxygens (including phenoxy) is 1. The standard InChI is InChI=1S/C17H18ClF4N3O2S/c1-16(2,3)25-14(26)13(18)11(7-24-25)28-8-10-4-5-12(23-6-10)27-9-17(21,22)15(19)20/h4-7,15H,8-9H2,1-3H3. The van der Waals surface area contributed by atoms with Crippen molar-refractivity contribution in [2.24, 2.45) is 0 Å². The molecule has 0 aliphatic heterocycles. The van der Waals surface area contributed by atoms with E-state index in [4.69, 9.17) is 11.6 Å². The minimum absolute atomic E-state index is 0.0528. The zero-order valence-electron chi connectivity index (χ0n) is 15.3. The van der Waals surface area contributed by atoms with E-state index < -0.39 is 30.1 Å². The molecule has 0 aromatic carbocycles. The molecule has 2 rings (SSSR count). The van der Waals surface area contributed by atoms with Gasteiger partial charge in [0.25, 0.3) is 5.56 Å². The molecule has 11 heteroatoms. The molecule has 2 aromatic rings. The summed E-state index contributed by atoms with van der Waals surface area (Å²) in [6.45, 7) is 4.03. The van der Waals surface area contributed by atoms with Crippen LogP contribution in [-0.4, -0.2) is 33.7 Å². The summed E-state index contributed by atoms with van der Waals surface area (Å²) in [4.78, 5) is 16.6. The van der Waals surface area contributed by atoms with Crippen molar-refractivity contribution in [1.29, 1.82) is 0 Å². The van der Waals surface area contributed by atoms with E-state index in [1.165, 1.54) is 34.9 Å². The lowest BCUT2D eigenvalue weighted by Gasteiger charge is -2.21. The molecule has 154 valence electrons. The second kappa shape index (κ2) is 8.69. The molecule has 0 radical (unpaired) electrons. The molecule has 2 heterocycles. The molecule has 28 heavy (non-hydrogen) atoms. The van der Waals surface area contributed by atoms with Gasteiger partial charge in [-0.1, -0.05) is 17.7 Å². The van der Waals surface area contributed by atoms with Gasteiger partial charge >= 0.3 is 12.3 Å². The third kappa shape index (κ3) is 5.60. The van der Waals surface area contributed by atoms with E-state index in [9.17, 15) is 22.4 Å². The lowest BCUT2D eigenvalue weighted by Crippen LogP contribution is -2.36. The average molecular weight is 440 g/mol. The van der Waals surface area contributed by atoms with Crippen molar-refractivity contribution in [3.8, 4) is 5.88 Å². The molecule has 0 saturated carbocycles. The van der Waals surface area contributed by atoms with Crippen molar-refractivity contribution in [3.05, 3.63) is 45.5 Å². The van der Waals surface area contributed by atoms with Crippen LogP contribution in [0.5, 0.6) is 5.88 Å². The second-order valence-electron chi connectivity index (χ2n) is 6.85.